The molecule has 0 saturated heterocycles. The molecule has 0 unspecified atom stereocenters. The molecule has 2 N–H and O–H groups in total. The average molecular weight is 1700 g/mol. The summed E-state index contributed by atoms with van der Waals surface area (Å²) in [5.74, 6) is 113. The molecular formula is C105H48N6O6Pd2. The maximum absolute atomic E-state index is 9.00. The van der Waals surface area contributed by atoms with Crippen LogP contribution in [0.25, 0.3) is 77.2 Å². The van der Waals surface area contributed by atoms with Gasteiger partial charge >= 0.3 is 20.4 Å². The van der Waals surface area contributed by atoms with Gasteiger partial charge in [-0.05, 0) is 185 Å². The molecule has 14 heteroatoms. The first-order valence-electron chi connectivity index (χ1n) is 34.0. The van der Waals surface area contributed by atoms with E-state index in [4.69, 9.17) is 35.7 Å². The molecular weight excluding hydrogens is 1650 g/mol. The van der Waals surface area contributed by atoms with Crippen molar-refractivity contribution in [3.8, 4) is 318 Å². The second-order valence-corrected chi connectivity index (χ2v) is 21.9. The number of carbonyl (C=O) groups is 2. The van der Waals surface area contributed by atoms with Crippen molar-refractivity contribution >= 4 is 66.6 Å². The van der Waals surface area contributed by atoms with E-state index in [1.807, 2.05) is 105 Å². The number of aryl methyl sites for hydroxylation is 2. The molecule has 0 amide bonds. The fourth-order valence-electron chi connectivity index (χ4n) is 9.49. The second kappa shape index (κ2) is 52.0. The Bertz CT molecular complexity index is 7330. The zero-order valence-electron chi connectivity index (χ0n) is 63.2. The van der Waals surface area contributed by atoms with Crippen molar-refractivity contribution in [2.45, 2.75) is 34.6 Å². The van der Waals surface area contributed by atoms with Crippen LogP contribution in [-0.4, -0.2) is 50.9 Å². The van der Waals surface area contributed by atoms with E-state index in [1.54, 1.807) is 19.3 Å². The number of fused-ring (bicyclic) bond motifs is 12. The third-order valence-corrected chi connectivity index (χ3v) is 14.0. The van der Waals surface area contributed by atoms with E-state index in [0.29, 0.717) is 11.5 Å². The monoisotopic (exact) mass is 1700 g/mol. The molecule has 12 nitrogen and oxygen atoms in total. The molecule has 0 fully saturated rings. The number of nitrogens with zero attached hydrogens (tertiary/aromatic N) is 6. The molecule has 0 atom stereocenters. The van der Waals surface area contributed by atoms with E-state index in [0.717, 1.165) is 103 Å². The third kappa shape index (κ3) is 30.9. The summed E-state index contributed by atoms with van der Waals surface area (Å²) in [6, 6.07) is 55.8. The number of hydrogen-bond donors (Lipinski definition) is 2. The van der Waals surface area contributed by atoms with Crippen molar-refractivity contribution in [2.75, 3.05) is 0 Å². The van der Waals surface area contributed by atoms with Gasteiger partial charge in [0.1, 0.15) is 17.1 Å². The Morgan fingerprint density at radius 2 is 0.765 bits per heavy atom. The molecule has 0 spiro atoms. The number of terminal acetylenes is 1. The molecule has 12 aromatic rings. The number of rotatable bonds is 6. The Hall–Kier alpha value is -18.2. The van der Waals surface area contributed by atoms with Gasteiger partial charge in [0.15, 0.2) is 0 Å². The van der Waals surface area contributed by atoms with E-state index in [-0.39, 0.29) is 40.8 Å². The second-order valence-electron chi connectivity index (χ2n) is 21.9. The molecule has 0 bridgehead atoms. The Labute approximate surface area is 719 Å². The molecule has 0 aliphatic heterocycles. The number of benzene rings is 6. The van der Waals surface area contributed by atoms with Gasteiger partial charge in [0.2, 0.25) is 0 Å². The molecule has 0 aliphatic carbocycles. The normalized spacial score (nSPS) is 7.90. The van der Waals surface area contributed by atoms with Crippen LogP contribution in [0.4, 0.5) is 0 Å². The molecule has 554 valence electrons. The summed E-state index contributed by atoms with van der Waals surface area (Å²) in [7, 11) is 0. The van der Waals surface area contributed by atoms with Crippen LogP contribution in [0.2, 0.25) is 0 Å². The van der Waals surface area contributed by atoms with Gasteiger partial charge in [0.25, 0.3) is 11.9 Å². The Kier molecular flexibility index (Phi) is 39.2. The molecule has 6 aromatic carbocycles. The van der Waals surface area contributed by atoms with Crippen molar-refractivity contribution in [3.05, 3.63) is 206 Å². The number of carboxylic acid groups (broad SMARTS) is 2. The van der Waals surface area contributed by atoms with Gasteiger partial charge in [0, 0.05) is 271 Å². The van der Waals surface area contributed by atoms with Crippen LogP contribution < -0.4 is 9.47 Å². The molecule has 0 radical (unpaired) electrons. The van der Waals surface area contributed by atoms with Crippen LogP contribution in [0, 0.1) is 299 Å². The van der Waals surface area contributed by atoms with E-state index < -0.39 is 11.9 Å². The van der Waals surface area contributed by atoms with E-state index in [1.165, 1.54) is 10.8 Å². The summed E-state index contributed by atoms with van der Waals surface area (Å²) >= 11 is 0. The Balaban J connectivity index is 0.000000267. The summed E-state index contributed by atoms with van der Waals surface area (Å²) in [6.07, 6.45) is 16.2. The summed E-state index contributed by atoms with van der Waals surface area (Å²) in [5.41, 5.74) is 9.85. The number of para-hydroxylation sites is 2. The minimum atomic E-state index is -0.833. The van der Waals surface area contributed by atoms with Gasteiger partial charge in [-0.15, -0.1) is 30.2 Å². The van der Waals surface area contributed by atoms with Crippen LogP contribution in [-0.2, 0) is 50.4 Å². The molecule has 6 heterocycles. The van der Waals surface area contributed by atoms with Gasteiger partial charge < -0.3 is 29.1 Å². The molecule has 12 rings (SSSR count). The van der Waals surface area contributed by atoms with E-state index >= 15 is 0 Å². The fraction of sp³-hybridized carbons (Fsp3) is 0.0476. The van der Waals surface area contributed by atoms with Gasteiger partial charge in [-0.1, -0.05) is 114 Å². The number of carboxylic acids is 2. The van der Waals surface area contributed by atoms with Crippen LogP contribution >= 0.6 is 0 Å². The topological polar surface area (TPSA) is 153 Å². The van der Waals surface area contributed by atoms with Crippen LogP contribution in [0.5, 0.6) is 23.0 Å². The summed E-state index contributed by atoms with van der Waals surface area (Å²) in [5, 5.41) is 21.5. The summed E-state index contributed by atoms with van der Waals surface area (Å²) < 4.78 is 16.8. The minimum Gasteiger partial charge on any atom is -0.496 e. The maximum atomic E-state index is 9.00. The van der Waals surface area contributed by atoms with Crippen molar-refractivity contribution in [1.29, 1.82) is 0 Å². The van der Waals surface area contributed by atoms with E-state index in [9.17, 15) is 0 Å². The zero-order valence-corrected chi connectivity index (χ0v) is 66.4. The van der Waals surface area contributed by atoms with Gasteiger partial charge in [-0.2, -0.15) is 0 Å². The predicted molar refractivity (Wildman–Crippen MR) is 459 cm³/mol. The van der Waals surface area contributed by atoms with Crippen molar-refractivity contribution in [3.63, 3.8) is 0 Å². The number of aromatic nitrogens is 6. The minimum absolute atomic E-state index is 0. The van der Waals surface area contributed by atoms with Gasteiger partial charge in [0.05, 0.1) is 16.9 Å². The van der Waals surface area contributed by atoms with Crippen molar-refractivity contribution in [1.82, 2.24) is 28.7 Å². The Morgan fingerprint density at radius 1 is 0.378 bits per heavy atom. The standard InChI is InChI=1S/C47H4.C27H19N3O.C27H17N3O.2C2H4O2.2Pd/c1-3-5-7-9-11-13-15-17-19-21-23-25-27-29-31-33-35-37-39-41-43-45-47-46-44-42-40-38-36-34-32-30-28-26-24-22-20-18-16-14-12-10-8-6-4-2;2*1-18-9-10-19(24-7-4-5-13-28-24)16-26(18)31-20-11-12-21-22-6-2-3-8-25(22)30-15-14-29-27(30)23(21)17-20;2*1-2(3)4;;/h1H,2H3;2-17H,1H3;2-15H,1H3;2*1H3,(H,3,4);;/q;;-2;;;;+2. The fourth-order valence-corrected chi connectivity index (χ4v) is 9.49. The molecule has 0 aliphatic rings. The summed E-state index contributed by atoms with van der Waals surface area (Å²) in [6.45, 7) is 7.92. The molecule has 119 heavy (non-hydrogen) atoms. The number of hydrogen-bond acceptors (Lipinski definition) is 8. The average Bonchev–Trinajstić information content (AvgIpc) is 1.74. The first-order chi connectivity index (χ1) is 57.4. The Morgan fingerprint density at radius 3 is 1.20 bits per heavy atom. The van der Waals surface area contributed by atoms with Gasteiger partial charge in [-0.25, -0.2) is 4.98 Å². The first-order valence-corrected chi connectivity index (χ1v) is 34.0. The SMILES string of the molecule is C#CC#CC#CC#CC#CC#CC#CC#CC#CC#CC#CC#CC#CC#CC#CC#CC#CC#CC#CC#CC#CC#CC#CC.CC(=O)O.CC(=O)O.Cc1ccc(-c2ccccn2)[c-]c1Oc1[c-]c2c(cc1)c1ccccc1n1ccnc21.Cc1ccc(-c2ccccn2)cc1Oc1ccc2c3ccccc3n3ccnc3c2c1.[Pd+2].[Pd]. The third-order valence-electron chi connectivity index (χ3n) is 14.0. The first kappa shape index (κ1) is 89.7. The smallest absolute Gasteiger partial charge is 0.496 e. The zero-order chi connectivity index (χ0) is 82.5. The summed E-state index contributed by atoms with van der Waals surface area (Å²) in [4.78, 5) is 36.1. The van der Waals surface area contributed by atoms with Gasteiger partial charge in [-0.3, -0.25) is 24.0 Å². The predicted octanol–water partition coefficient (Wildman–Crippen LogP) is 14.1. The van der Waals surface area contributed by atoms with Crippen LogP contribution in [0.15, 0.2) is 183 Å². The number of imidazole rings is 2. The number of pyridine rings is 4. The molecule has 0 saturated carbocycles. The quantitative estimate of drug-likeness (QED) is 0.0712. The van der Waals surface area contributed by atoms with Crippen molar-refractivity contribution < 1.29 is 70.1 Å². The largest absolute Gasteiger partial charge is 2.00 e. The molecule has 6 aromatic heterocycles. The maximum Gasteiger partial charge on any atom is 2.00 e. The van der Waals surface area contributed by atoms with Crippen LogP contribution in [0.3, 0.4) is 0 Å². The number of ether oxygens (including phenoxy) is 2. The van der Waals surface area contributed by atoms with Crippen molar-refractivity contribution in [2.24, 2.45) is 0 Å². The van der Waals surface area contributed by atoms with E-state index in [2.05, 4.69) is 387 Å². The van der Waals surface area contributed by atoms with Crippen LogP contribution in [0.1, 0.15) is 31.9 Å². The number of aliphatic carboxylic acids is 2.